The van der Waals surface area contributed by atoms with Crippen molar-refractivity contribution in [2.45, 2.75) is 51.5 Å². The molecular formula is C9H19N. The van der Waals surface area contributed by atoms with E-state index in [4.69, 9.17) is 5.73 Å². The first-order valence-corrected chi connectivity index (χ1v) is 4.45. The molecule has 1 heteroatoms. The summed E-state index contributed by atoms with van der Waals surface area (Å²) in [4.78, 5) is 0. The standard InChI is InChI=1S/C9H19N/c1-3-4-7-9(2,10)8-5-6-8/h8H,3-7,10H2,1-2H3. The third kappa shape index (κ3) is 1.98. The van der Waals surface area contributed by atoms with Gasteiger partial charge in [-0.3, -0.25) is 0 Å². The average molecular weight is 141 g/mol. The van der Waals surface area contributed by atoms with Crippen LogP contribution in [0.1, 0.15) is 46.0 Å². The Morgan fingerprint density at radius 1 is 1.50 bits per heavy atom. The summed E-state index contributed by atoms with van der Waals surface area (Å²) in [5.74, 6) is 0.846. The molecule has 0 aromatic heterocycles. The van der Waals surface area contributed by atoms with Crippen molar-refractivity contribution in [1.29, 1.82) is 0 Å². The van der Waals surface area contributed by atoms with Gasteiger partial charge in [0.05, 0.1) is 0 Å². The van der Waals surface area contributed by atoms with E-state index in [2.05, 4.69) is 13.8 Å². The van der Waals surface area contributed by atoms with Gasteiger partial charge >= 0.3 is 0 Å². The maximum Gasteiger partial charge on any atom is 0.0154 e. The van der Waals surface area contributed by atoms with Crippen LogP contribution in [0.5, 0.6) is 0 Å². The van der Waals surface area contributed by atoms with Crippen LogP contribution in [0.25, 0.3) is 0 Å². The molecule has 0 aromatic rings. The number of unbranched alkanes of at least 4 members (excludes halogenated alkanes) is 1. The molecule has 1 unspecified atom stereocenters. The summed E-state index contributed by atoms with van der Waals surface area (Å²) in [6, 6.07) is 0. The maximum atomic E-state index is 6.11. The average Bonchev–Trinajstić information content (AvgIpc) is 2.64. The van der Waals surface area contributed by atoms with E-state index in [1.807, 2.05) is 0 Å². The van der Waals surface area contributed by atoms with Gasteiger partial charge in [0.25, 0.3) is 0 Å². The summed E-state index contributed by atoms with van der Waals surface area (Å²) in [6.07, 6.45) is 6.53. The fourth-order valence-corrected chi connectivity index (χ4v) is 1.50. The molecule has 60 valence electrons. The van der Waals surface area contributed by atoms with Crippen molar-refractivity contribution < 1.29 is 0 Å². The summed E-state index contributed by atoms with van der Waals surface area (Å²) in [6.45, 7) is 4.43. The van der Waals surface area contributed by atoms with Crippen molar-refractivity contribution in [2.24, 2.45) is 11.7 Å². The molecule has 0 saturated heterocycles. The van der Waals surface area contributed by atoms with Crippen LogP contribution < -0.4 is 5.73 Å². The third-order valence-electron chi connectivity index (χ3n) is 2.58. The summed E-state index contributed by atoms with van der Waals surface area (Å²) >= 11 is 0. The predicted octanol–water partition coefficient (Wildman–Crippen LogP) is 2.30. The molecular weight excluding hydrogens is 122 g/mol. The smallest absolute Gasteiger partial charge is 0.0154 e. The van der Waals surface area contributed by atoms with Gasteiger partial charge in [-0.2, -0.15) is 0 Å². The summed E-state index contributed by atoms with van der Waals surface area (Å²) < 4.78 is 0. The molecule has 1 saturated carbocycles. The number of hydrogen-bond acceptors (Lipinski definition) is 1. The molecule has 2 N–H and O–H groups in total. The topological polar surface area (TPSA) is 26.0 Å². The Kier molecular flexibility index (Phi) is 2.35. The molecule has 0 spiro atoms. The van der Waals surface area contributed by atoms with Gasteiger partial charge in [-0.15, -0.1) is 0 Å². The molecule has 0 heterocycles. The predicted molar refractivity (Wildman–Crippen MR) is 44.8 cm³/mol. The van der Waals surface area contributed by atoms with E-state index in [9.17, 15) is 0 Å². The summed E-state index contributed by atoms with van der Waals surface area (Å²) in [5.41, 5.74) is 6.27. The Morgan fingerprint density at radius 2 is 2.10 bits per heavy atom. The van der Waals surface area contributed by atoms with Crippen LogP contribution in [-0.2, 0) is 0 Å². The van der Waals surface area contributed by atoms with Crippen LogP contribution in [-0.4, -0.2) is 5.54 Å². The Balaban J connectivity index is 2.20. The quantitative estimate of drug-likeness (QED) is 0.638. The molecule has 1 fully saturated rings. The Labute approximate surface area is 64.0 Å². The first kappa shape index (κ1) is 8.06. The van der Waals surface area contributed by atoms with Gasteiger partial charge in [0.15, 0.2) is 0 Å². The fraction of sp³-hybridized carbons (Fsp3) is 1.00. The van der Waals surface area contributed by atoms with Crippen molar-refractivity contribution in [3.05, 3.63) is 0 Å². The molecule has 0 bridgehead atoms. The third-order valence-corrected chi connectivity index (χ3v) is 2.58. The fourth-order valence-electron chi connectivity index (χ4n) is 1.50. The van der Waals surface area contributed by atoms with E-state index < -0.39 is 0 Å². The zero-order valence-electron chi connectivity index (χ0n) is 7.19. The van der Waals surface area contributed by atoms with Crippen molar-refractivity contribution in [3.63, 3.8) is 0 Å². The van der Waals surface area contributed by atoms with E-state index in [-0.39, 0.29) is 5.54 Å². The monoisotopic (exact) mass is 141 g/mol. The Bertz CT molecular complexity index is 103. The Morgan fingerprint density at radius 3 is 2.50 bits per heavy atom. The number of nitrogens with two attached hydrogens (primary N) is 1. The summed E-state index contributed by atoms with van der Waals surface area (Å²) in [7, 11) is 0. The molecule has 1 aliphatic carbocycles. The highest BCUT2D eigenvalue weighted by Crippen LogP contribution is 2.40. The molecule has 0 amide bonds. The second-order valence-electron chi connectivity index (χ2n) is 3.88. The van der Waals surface area contributed by atoms with E-state index >= 15 is 0 Å². The normalized spacial score (nSPS) is 24.3. The zero-order valence-corrected chi connectivity index (χ0v) is 7.19. The van der Waals surface area contributed by atoms with E-state index in [0.717, 1.165) is 5.92 Å². The lowest BCUT2D eigenvalue weighted by Gasteiger charge is -2.23. The van der Waals surface area contributed by atoms with Gasteiger partial charge in [-0.05, 0) is 32.1 Å². The van der Waals surface area contributed by atoms with Gasteiger partial charge in [0, 0.05) is 5.54 Å². The van der Waals surface area contributed by atoms with E-state index in [1.165, 1.54) is 32.1 Å². The van der Waals surface area contributed by atoms with Crippen LogP contribution >= 0.6 is 0 Å². The lowest BCUT2D eigenvalue weighted by atomic mass is 9.91. The lowest BCUT2D eigenvalue weighted by Crippen LogP contribution is -2.38. The van der Waals surface area contributed by atoms with Gasteiger partial charge in [-0.1, -0.05) is 19.8 Å². The highest BCUT2D eigenvalue weighted by atomic mass is 14.8. The summed E-state index contributed by atoms with van der Waals surface area (Å²) in [5, 5.41) is 0. The van der Waals surface area contributed by atoms with Gasteiger partial charge < -0.3 is 5.73 Å². The number of rotatable bonds is 4. The largest absolute Gasteiger partial charge is 0.325 e. The molecule has 1 nitrogen and oxygen atoms in total. The van der Waals surface area contributed by atoms with Crippen LogP contribution in [0.15, 0.2) is 0 Å². The molecule has 0 radical (unpaired) electrons. The van der Waals surface area contributed by atoms with E-state index in [1.54, 1.807) is 0 Å². The minimum absolute atomic E-state index is 0.163. The second kappa shape index (κ2) is 2.91. The highest BCUT2D eigenvalue weighted by molar-refractivity contribution is 4.94. The van der Waals surface area contributed by atoms with Crippen molar-refractivity contribution in [2.75, 3.05) is 0 Å². The molecule has 0 aromatic carbocycles. The van der Waals surface area contributed by atoms with E-state index in [0.29, 0.717) is 0 Å². The molecule has 1 atom stereocenters. The van der Waals surface area contributed by atoms with Crippen LogP contribution in [0, 0.1) is 5.92 Å². The first-order chi connectivity index (χ1) is 4.67. The minimum Gasteiger partial charge on any atom is -0.325 e. The first-order valence-electron chi connectivity index (χ1n) is 4.45. The van der Waals surface area contributed by atoms with Crippen molar-refractivity contribution in [3.8, 4) is 0 Å². The second-order valence-corrected chi connectivity index (χ2v) is 3.88. The number of hydrogen-bond donors (Lipinski definition) is 1. The van der Waals surface area contributed by atoms with Crippen LogP contribution in [0.3, 0.4) is 0 Å². The maximum absolute atomic E-state index is 6.11. The highest BCUT2D eigenvalue weighted by Gasteiger charge is 2.37. The van der Waals surface area contributed by atoms with Crippen LogP contribution in [0.4, 0.5) is 0 Å². The molecule has 1 rings (SSSR count). The SMILES string of the molecule is CCCCC(C)(N)C1CC1. The van der Waals surface area contributed by atoms with Gasteiger partial charge in [0.2, 0.25) is 0 Å². The van der Waals surface area contributed by atoms with Crippen molar-refractivity contribution >= 4 is 0 Å². The minimum atomic E-state index is 0.163. The Hall–Kier alpha value is -0.0400. The van der Waals surface area contributed by atoms with Crippen molar-refractivity contribution in [1.82, 2.24) is 0 Å². The molecule has 1 aliphatic rings. The van der Waals surface area contributed by atoms with Crippen LogP contribution in [0.2, 0.25) is 0 Å². The lowest BCUT2D eigenvalue weighted by molar-refractivity contribution is 0.366. The molecule has 10 heavy (non-hydrogen) atoms. The zero-order chi connectivity index (χ0) is 7.61. The van der Waals surface area contributed by atoms with Gasteiger partial charge in [0.1, 0.15) is 0 Å². The molecule has 0 aliphatic heterocycles. The van der Waals surface area contributed by atoms with Gasteiger partial charge in [-0.25, -0.2) is 0 Å².